The maximum atomic E-state index is 11.6. The zero-order chi connectivity index (χ0) is 12.5. The van der Waals surface area contributed by atoms with Gasteiger partial charge in [-0.15, -0.1) is 0 Å². The molecule has 0 radical (unpaired) electrons. The SMILES string of the molecule is NC(=S)c1cccc(NS(=O)(=O)NC2CC2)c1. The van der Waals surface area contributed by atoms with Gasteiger partial charge in [-0.2, -0.15) is 13.1 Å². The molecule has 1 aromatic carbocycles. The molecule has 0 heterocycles. The third-order valence-electron chi connectivity index (χ3n) is 2.30. The summed E-state index contributed by atoms with van der Waals surface area (Å²) in [4.78, 5) is 0.237. The molecule has 1 aliphatic rings. The molecular formula is C10H13N3O2S2. The van der Waals surface area contributed by atoms with Crippen molar-refractivity contribution in [1.29, 1.82) is 0 Å². The summed E-state index contributed by atoms with van der Waals surface area (Å²) in [5, 5.41) is 0. The first-order chi connectivity index (χ1) is 7.96. The van der Waals surface area contributed by atoms with E-state index in [9.17, 15) is 8.42 Å². The minimum Gasteiger partial charge on any atom is -0.389 e. The third-order valence-corrected chi connectivity index (χ3v) is 3.68. The van der Waals surface area contributed by atoms with Crippen LogP contribution in [0.4, 0.5) is 5.69 Å². The number of rotatable bonds is 5. The Labute approximate surface area is 106 Å². The lowest BCUT2D eigenvalue weighted by atomic mass is 10.2. The van der Waals surface area contributed by atoms with Crippen molar-refractivity contribution >= 4 is 33.1 Å². The van der Waals surface area contributed by atoms with Crippen LogP contribution in [0.5, 0.6) is 0 Å². The second-order valence-corrected chi connectivity index (χ2v) is 5.83. The maximum absolute atomic E-state index is 11.6. The lowest BCUT2D eigenvalue weighted by Gasteiger charge is -2.09. The van der Waals surface area contributed by atoms with E-state index in [0.717, 1.165) is 12.8 Å². The summed E-state index contributed by atoms with van der Waals surface area (Å²) in [7, 11) is -3.50. The molecule has 0 saturated heterocycles. The lowest BCUT2D eigenvalue weighted by Crippen LogP contribution is -2.31. The van der Waals surface area contributed by atoms with Crippen LogP contribution in [-0.2, 0) is 10.2 Å². The Morgan fingerprint density at radius 1 is 1.41 bits per heavy atom. The molecule has 2 rings (SSSR count). The van der Waals surface area contributed by atoms with Gasteiger partial charge in [0.1, 0.15) is 4.99 Å². The Hall–Kier alpha value is -1.18. The summed E-state index contributed by atoms with van der Waals surface area (Å²) >= 11 is 4.83. The van der Waals surface area contributed by atoms with Gasteiger partial charge in [-0.25, -0.2) is 0 Å². The molecule has 5 nitrogen and oxygen atoms in total. The summed E-state index contributed by atoms with van der Waals surface area (Å²) in [5.41, 5.74) is 6.55. The van der Waals surface area contributed by atoms with Crippen molar-refractivity contribution in [3.05, 3.63) is 29.8 Å². The topological polar surface area (TPSA) is 84.2 Å². The molecule has 4 N–H and O–H groups in total. The second-order valence-electron chi connectivity index (χ2n) is 3.94. The van der Waals surface area contributed by atoms with Crippen LogP contribution >= 0.6 is 12.2 Å². The summed E-state index contributed by atoms with van der Waals surface area (Å²) in [6.07, 6.45) is 1.79. The first-order valence-electron chi connectivity index (χ1n) is 5.16. The van der Waals surface area contributed by atoms with Crippen molar-refractivity contribution in [3.63, 3.8) is 0 Å². The molecule has 0 spiro atoms. The quantitative estimate of drug-likeness (QED) is 0.689. The highest BCUT2D eigenvalue weighted by molar-refractivity contribution is 7.90. The first kappa shape index (κ1) is 12.3. The highest BCUT2D eigenvalue weighted by atomic mass is 32.2. The average Bonchev–Trinajstić information content (AvgIpc) is 3.00. The highest BCUT2D eigenvalue weighted by Crippen LogP contribution is 2.20. The van der Waals surface area contributed by atoms with Gasteiger partial charge in [0, 0.05) is 11.6 Å². The number of thiocarbonyl (C=S) groups is 1. The molecule has 92 valence electrons. The molecule has 1 fully saturated rings. The van der Waals surface area contributed by atoms with Gasteiger partial charge < -0.3 is 5.73 Å². The van der Waals surface area contributed by atoms with E-state index < -0.39 is 10.2 Å². The minimum absolute atomic E-state index is 0.0752. The zero-order valence-electron chi connectivity index (χ0n) is 9.01. The smallest absolute Gasteiger partial charge is 0.299 e. The first-order valence-corrected chi connectivity index (χ1v) is 7.05. The van der Waals surface area contributed by atoms with Gasteiger partial charge in [-0.3, -0.25) is 4.72 Å². The fourth-order valence-corrected chi connectivity index (χ4v) is 2.64. The molecule has 0 bridgehead atoms. The van der Waals surface area contributed by atoms with Gasteiger partial charge in [0.15, 0.2) is 0 Å². The van der Waals surface area contributed by atoms with Crippen molar-refractivity contribution in [2.45, 2.75) is 18.9 Å². The van der Waals surface area contributed by atoms with Crippen LogP contribution in [0.1, 0.15) is 18.4 Å². The minimum atomic E-state index is -3.50. The highest BCUT2D eigenvalue weighted by Gasteiger charge is 2.26. The Balaban J connectivity index is 2.12. The number of anilines is 1. The molecular weight excluding hydrogens is 258 g/mol. The Kier molecular flexibility index (Phi) is 3.32. The molecule has 1 aliphatic carbocycles. The molecule has 1 aromatic rings. The average molecular weight is 271 g/mol. The molecule has 0 amide bonds. The normalized spacial score (nSPS) is 15.5. The number of hydrogen-bond acceptors (Lipinski definition) is 3. The number of nitrogens with one attached hydrogen (secondary N) is 2. The van der Waals surface area contributed by atoms with Crippen LogP contribution in [0.15, 0.2) is 24.3 Å². The van der Waals surface area contributed by atoms with Crippen LogP contribution in [0, 0.1) is 0 Å². The number of benzene rings is 1. The van der Waals surface area contributed by atoms with Gasteiger partial charge in [0.25, 0.3) is 10.2 Å². The van der Waals surface area contributed by atoms with Crippen molar-refractivity contribution in [2.24, 2.45) is 5.73 Å². The lowest BCUT2D eigenvalue weighted by molar-refractivity contribution is 0.586. The monoisotopic (exact) mass is 271 g/mol. The summed E-state index contributed by atoms with van der Waals surface area (Å²) < 4.78 is 28.2. The van der Waals surface area contributed by atoms with E-state index in [4.69, 9.17) is 18.0 Å². The van der Waals surface area contributed by atoms with Gasteiger partial charge in [-0.05, 0) is 25.0 Å². The predicted molar refractivity (Wildman–Crippen MR) is 71.0 cm³/mol. The van der Waals surface area contributed by atoms with E-state index in [1.54, 1.807) is 24.3 Å². The Bertz CT molecular complexity index is 538. The summed E-state index contributed by atoms with van der Waals surface area (Å²) in [5.74, 6) is 0. The fraction of sp³-hybridized carbons (Fsp3) is 0.300. The van der Waals surface area contributed by atoms with Gasteiger partial charge >= 0.3 is 0 Å². The van der Waals surface area contributed by atoms with Crippen LogP contribution in [-0.4, -0.2) is 19.4 Å². The summed E-state index contributed by atoms with van der Waals surface area (Å²) in [6, 6.07) is 6.76. The van der Waals surface area contributed by atoms with E-state index in [0.29, 0.717) is 11.3 Å². The molecule has 0 atom stereocenters. The molecule has 0 aliphatic heterocycles. The standard InChI is InChI=1S/C10H13N3O2S2/c11-10(16)7-2-1-3-9(6-7)13-17(14,15)12-8-4-5-8/h1-3,6,8,12-13H,4-5H2,(H2,11,16). The van der Waals surface area contributed by atoms with Crippen LogP contribution in [0.2, 0.25) is 0 Å². The molecule has 0 aromatic heterocycles. The fourth-order valence-electron chi connectivity index (χ4n) is 1.34. The van der Waals surface area contributed by atoms with Crippen molar-refractivity contribution in [3.8, 4) is 0 Å². The van der Waals surface area contributed by atoms with Gasteiger partial charge in [-0.1, -0.05) is 24.4 Å². The number of hydrogen-bond donors (Lipinski definition) is 3. The van der Waals surface area contributed by atoms with Crippen LogP contribution in [0.25, 0.3) is 0 Å². The Morgan fingerprint density at radius 3 is 2.71 bits per heavy atom. The van der Waals surface area contributed by atoms with Gasteiger partial charge in [0.05, 0.1) is 5.69 Å². The van der Waals surface area contributed by atoms with Crippen LogP contribution in [0.3, 0.4) is 0 Å². The maximum Gasteiger partial charge on any atom is 0.299 e. The summed E-state index contributed by atoms with van der Waals surface area (Å²) in [6.45, 7) is 0. The van der Waals surface area contributed by atoms with E-state index >= 15 is 0 Å². The van der Waals surface area contributed by atoms with Crippen molar-refractivity contribution in [2.75, 3.05) is 4.72 Å². The molecule has 1 saturated carbocycles. The molecule has 17 heavy (non-hydrogen) atoms. The largest absolute Gasteiger partial charge is 0.389 e. The zero-order valence-corrected chi connectivity index (χ0v) is 10.6. The van der Waals surface area contributed by atoms with Crippen molar-refractivity contribution < 1.29 is 8.42 Å². The molecule has 0 unspecified atom stereocenters. The van der Waals surface area contributed by atoms with Gasteiger partial charge in [0.2, 0.25) is 0 Å². The van der Waals surface area contributed by atoms with E-state index in [2.05, 4.69) is 9.44 Å². The Morgan fingerprint density at radius 2 is 2.12 bits per heavy atom. The predicted octanol–water partition coefficient (Wildman–Crippen LogP) is 0.729. The van der Waals surface area contributed by atoms with Crippen molar-refractivity contribution in [1.82, 2.24) is 4.72 Å². The second kappa shape index (κ2) is 4.59. The van der Waals surface area contributed by atoms with E-state index in [-0.39, 0.29) is 11.0 Å². The van der Waals surface area contributed by atoms with E-state index in [1.165, 1.54) is 0 Å². The van der Waals surface area contributed by atoms with E-state index in [1.807, 2.05) is 0 Å². The van der Waals surface area contributed by atoms with Crippen LogP contribution < -0.4 is 15.2 Å². The third kappa shape index (κ3) is 3.65. The number of nitrogens with two attached hydrogens (primary N) is 1. The molecule has 7 heteroatoms.